The quantitative estimate of drug-likeness (QED) is 0.810. The molecule has 0 radical (unpaired) electrons. The first kappa shape index (κ1) is 17.3. The molecule has 2 atom stereocenters. The molecule has 2 rings (SSSR count). The molecule has 0 spiro atoms. The predicted molar refractivity (Wildman–Crippen MR) is 87.1 cm³/mol. The van der Waals surface area contributed by atoms with Crippen LogP contribution in [0, 0.1) is 11.8 Å². The van der Waals surface area contributed by atoms with Gasteiger partial charge in [0, 0.05) is 38.6 Å². The molecule has 2 aliphatic rings. The molecule has 5 heteroatoms. The lowest BCUT2D eigenvalue weighted by atomic mass is 10.0. The summed E-state index contributed by atoms with van der Waals surface area (Å²) in [5, 5.41) is 0. The fourth-order valence-corrected chi connectivity index (χ4v) is 3.56. The smallest absolute Gasteiger partial charge is 0.227 e. The van der Waals surface area contributed by atoms with Crippen LogP contribution in [0.15, 0.2) is 0 Å². The highest BCUT2D eigenvalue weighted by atomic mass is 16.2. The highest BCUT2D eigenvalue weighted by Gasteiger charge is 2.39. The lowest BCUT2D eigenvalue weighted by Gasteiger charge is -2.26. The molecule has 2 unspecified atom stereocenters. The van der Waals surface area contributed by atoms with E-state index >= 15 is 0 Å². The average molecular weight is 309 g/mol. The summed E-state index contributed by atoms with van der Waals surface area (Å²) in [4.78, 5) is 28.5. The molecule has 2 amide bonds. The summed E-state index contributed by atoms with van der Waals surface area (Å²) in [5.74, 6) is 0.533. The van der Waals surface area contributed by atoms with Crippen molar-refractivity contribution in [2.24, 2.45) is 17.6 Å². The van der Waals surface area contributed by atoms with Crippen molar-refractivity contribution < 1.29 is 9.59 Å². The van der Waals surface area contributed by atoms with Gasteiger partial charge in [0.05, 0.1) is 5.92 Å². The molecule has 0 bridgehead atoms. The molecule has 1 aliphatic carbocycles. The summed E-state index contributed by atoms with van der Waals surface area (Å²) in [5.41, 5.74) is 6.04. The van der Waals surface area contributed by atoms with E-state index in [2.05, 4.69) is 13.8 Å². The molecule has 1 heterocycles. The standard InChI is InChI=1S/C17H31N3O2/c1-12(2)15(18)8-9-19(3)17(22)13-10-16(21)20(11-13)14-6-4-5-7-14/h12-15H,4-11,18H2,1-3H3. The first-order chi connectivity index (χ1) is 10.4. The zero-order chi connectivity index (χ0) is 16.3. The van der Waals surface area contributed by atoms with Crippen molar-refractivity contribution >= 4 is 11.8 Å². The molecule has 22 heavy (non-hydrogen) atoms. The summed E-state index contributed by atoms with van der Waals surface area (Å²) in [6, 6.07) is 0.500. The Hall–Kier alpha value is -1.10. The van der Waals surface area contributed by atoms with Gasteiger partial charge in [-0.1, -0.05) is 26.7 Å². The van der Waals surface area contributed by atoms with Crippen molar-refractivity contribution in [2.75, 3.05) is 20.1 Å². The highest BCUT2D eigenvalue weighted by molar-refractivity contribution is 5.89. The topological polar surface area (TPSA) is 66.6 Å². The van der Waals surface area contributed by atoms with Crippen LogP contribution in [-0.2, 0) is 9.59 Å². The number of likely N-dealkylation sites (tertiary alicyclic amines) is 1. The average Bonchev–Trinajstić information content (AvgIpc) is 3.12. The second kappa shape index (κ2) is 7.44. The van der Waals surface area contributed by atoms with Crippen LogP contribution < -0.4 is 5.73 Å². The maximum Gasteiger partial charge on any atom is 0.227 e. The molecule has 1 saturated carbocycles. The van der Waals surface area contributed by atoms with Crippen molar-refractivity contribution in [3.63, 3.8) is 0 Å². The van der Waals surface area contributed by atoms with Crippen LogP contribution in [0.25, 0.3) is 0 Å². The maximum absolute atomic E-state index is 12.5. The van der Waals surface area contributed by atoms with Crippen molar-refractivity contribution in [2.45, 2.75) is 64.5 Å². The van der Waals surface area contributed by atoms with Crippen molar-refractivity contribution in [3.05, 3.63) is 0 Å². The van der Waals surface area contributed by atoms with Gasteiger partial charge < -0.3 is 15.5 Å². The molecule has 1 saturated heterocycles. The highest BCUT2D eigenvalue weighted by Crippen LogP contribution is 2.30. The lowest BCUT2D eigenvalue weighted by Crippen LogP contribution is -2.39. The fourth-order valence-electron chi connectivity index (χ4n) is 3.56. The van der Waals surface area contributed by atoms with Crippen molar-refractivity contribution in [1.29, 1.82) is 0 Å². The number of carbonyl (C=O) groups is 2. The summed E-state index contributed by atoms with van der Waals surface area (Å²) >= 11 is 0. The first-order valence-corrected chi connectivity index (χ1v) is 8.70. The van der Waals surface area contributed by atoms with Gasteiger partial charge in [0.1, 0.15) is 0 Å². The van der Waals surface area contributed by atoms with E-state index in [1.54, 1.807) is 4.90 Å². The summed E-state index contributed by atoms with van der Waals surface area (Å²) < 4.78 is 0. The number of hydrogen-bond donors (Lipinski definition) is 1. The van der Waals surface area contributed by atoms with Crippen LogP contribution in [0.1, 0.15) is 52.4 Å². The lowest BCUT2D eigenvalue weighted by molar-refractivity contribution is -0.134. The number of rotatable bonds is 6. The van der Waals surface area contributed by atoms with Gasteiger partial charge in [-0.15, -0.1) is 0 Å². The minimum atomic E-state index is -0.159. The Bertz CT molecular complexity index is 405. The van der Waals surface area contributed by atoms with Crippen LogP contribution in [0.4, 0.5) is 0 Å². The number of carbonyl (C=O) groups excluding carboxylic acids is 2. The molecular formula is C17H31N3O2. The Morgan fingerprint density at radius 1 is 1.36 bits per heavy atom. The van der Waals surface area contributed by atoms with E-state index in [9.17, 15) is 9.59 Å². The van der Waals surface area contributed by atoms with Crippen LogP contribution in [-0.4, -0.2) is 53.8 Å². The number of nitrogens with zero attached hydrogens (tertiary/aromatic N) is 2. The molecule has 5 nitrogen and oxygen atoms in total. The van der Waals surface area contributed by atoms with Gasteiger partial charge in [0.25, 0.3) is 0 Å². The molecule has 0 aromatic rings. The Balaban J connectivity index is 1.83. The molecular weight excluding hydrogens is 278 g/mol. The number of hydrogen-bond acceptors (Lipinski definition) is 3. The zero-order valence-corrected chi connectivity index (χ0v) is 14.3. The van der Waals surface area contributed by atoms with Gasteiger partial charge >= 0.3 is 0 Å². The van der Waals surface area contributed by atoms with Crippen LogP contribution in [0.3, 0.4) is 0 Å². The van der Waals surface area contributed by atoms with E-state index in [0.717, 1.165) is 19.3 Å². The SMILES string of the molecule is CC(C)C(N)CCN(C)C(=O)C1CC(=O)N(C2CCCC2)C1. The minimum absolute atomic E-state index is 0.102. The van der Waals surface area contributed by atoms with E-state index in [0.29, 0.717) is 31.5 Å². The number of nitrogens with two attached hydrogens (primary N) is 1. The van der Waals surface area contributed by atoms with Crippen LogP contribution >= 0.6 is 0 Å². The minimum Gasteiger partial charge on any atom is -0.345 e. The Labute approximate surface area is 134 Å². The van der Waals surface area contributed by atoms with E-state index in [1.165, 1.54) is 12.8 Å². The second-order valence-electron chi connectivity index (χ2n) is 7.34. The summed E-state index contributed by atoms with van der Waals surface area (Å²) in [6.07, 6.45) is 5.82. The van der Waals surface area contributed by atoms with E-state index in [-0.39, 0.29) is 23.8 Å². The molecule has 0 aromatic heterocycles. The van der Waals surface area contributed by atoms with Crippen LogP contribution in [0.2, 0.25) is 0 Å². The van der Waals surface area contributed by atoms with Gasteiger partial charge in [-0.05, 0) is 25.2 Å². The van der Waals surface area contributed by atoms with Gasteiger partial charge in [-0.25, -0.2) is 0 Å². The first-order valence-electron chi connectivity index (χ1n) is 8.70. The Kier molecular flexibility index (Phi) is 5.84. The molecule has 0 aromatic carbocycles. The van der Waals surface area contributed by atoms with E-state index in [4.69, 9.17) is 5.73 Å². The molecule has 2 N–H and O–H groups in total. The zero-order valence-electron chi connectivity index (χ0n) is 14.3. The van der Waals surface area contributed by atoms with Crippen molar-refractivity contribution in [1.82, 2.24) is 9.80 Å². The third kappa shape index (κ3) is 4.00. The van der Waals surface area contributed by atoms with E-state index < -0.39 is 0 Å². The van der Waals surface area contributed by atoms with Crippen LogP contribution in [0.5, 0.6) is 0 Å². The number of amides is 2. The monoisotopic (exact) mass is 309 g/mol. The van der Waals surface area contributed by atoms with Gasteiger partial charge in [0.15, 0.2) is 0 Å². The largest absolute Gasteiger partial charge is 0.345 e. The van der Waals surface area contributed by atoms with Gasteiger partial charge in [0.2, 0.25) is 11.8 Å². The third-order valence-electron chi connectivity index (χ3n) is 5.30. The summed E-state index contributed by atoms with van der Waals surface area (Å²) in [7, 11) is 1.83. The van der Waals surface area contributed by atoms with Gasteiger partial charge in [-0.2, -0.15) is 0 Å². The predicted octanol–water partition coefficient (Wildman–Crippen LogP) is 1.61. The third-order valence-corrected chi connectivity index (χ3v) is 5.30. The Morgan fingerprint density at radius 2 is 2.00 bits per heavy atom. The van der Waals surface area contributed by atoms with Gasteiger partial charge in [-0.3, -0.25) is 9.59 Å². The normalized spacial score (nSPS) is 24.3. The Morgan fingerprint density at radius 3 is 2.59 bits per heavy atom. The molecule has 2 fully saturated rings. The second-order valence-corrected chi connectivity index (χ2v) is 7.34. The van der Waals surface area contributed by atoms with Crippen molar-refractivity contribution in [3.8, 4) is 0 Å². The maximum atomic E-state index is 12.5. The summed E-state index contributed by atoms with van der Waals surface area (Å²) in [6.45, 7) is 5.48. The molecule has 1 aliphatic heterocycles. The fraction of sp³-hybridized carbons (Fsp3) is 0.882. The van der Waals surface area contributed by atoms with E-state index in [1.807, 2.05) is 11.9 Å². The molecule has 126 valence electrons.